The van der Waals surface area contributed by atoms with E-state index in [2.05, 4.69) is 17.4 Å². The van der Waals surface area contributed by atoms with Crippen molar-refractivity contribution in [1.82, 2.24) is 14.3 Å². The summed E-state index contributed by atoms with van der Waals surface area (Å²) in [6.45, 7) is 3.68. The van der Waals surface area contributed by atoms with Crippen LogP contribution >= 0.6 is 24.0 Å². The second-order valence-electron chi connectivity index (χ2n) is 8.70. The zero-order valence-electron chi connectivity index (χ0n) is 19.4. The molecule has 2 fully saturated rings. The Bertz CT molecular complexity index is 1360. The van der Waals surface area contributed by atoms with E-state index < -0.39 is 0 Å². The first-order valence-electron chi connectivity index (χ1n) is 11.7. The Hall–Kier alpha value is -3.01. The summed E-state index contributed by atoms with van der Waals surface area (Å²) < 4.78 is 7.70. The predicted molar refractivity (Wildman–Crippen MR) is 144 cm³/mol. The lowest BCUT2D eigenvalue weighted by molar-refractivity contribution is -0.123. The number of carbonyl (C=O) groups is 1. The standard InChI is InChI=1S/C26H26N4O3S2/c1-17-9-10-22-28-23(27-12-11-18-6-3-2-4-7-18)20(24(31)29(22)15-17)14-21-25(32)30(26(34)35-21)16-19-8-5-13-33-19/h2-4,6-7,9-10,14-15,19,27H,5,8,11-13,16H2,1H3. The highest BCUT2D eigenvalue weighted by Crippen LogP contribution is 2.34. The Labute approximate surface area is 213 Å². The minimum absolute atomic E-state index is 0.00278. The van der Waals surface area contributed by atoms with E-state index in [1.54, 1.807) is 17.2 Å². The van der Waals surface area contributed by atoms with Crippen molar-refractivity contribution in [2.75, 3.05) is 25.0 Å². The van der Waals surface area contributed by atoms with Gasteiger partial charge in [-0.2, -0.15) is 0 Å². The summed E-state index contributed by atoms with van der Waals surface area (Å²) in [7, 11) is 0. The van der Waals surface area contributed by atoms with Gasteiger partial charge in [0.25, 0.3) is 11.5 Å². The monoisotopic (exact) mass is 506 g/mol. The third-order valence-electron chi connectivity index (χ3n) is 6.11. The lowest BCUT2D eigenvalue weighted by atomic mass is 10.1. The van der Waals surface area contributed by atoms with E-state index in [4.69, 9.17) is 21.9 Å². The average Bonchev–Trinajstić information content (AvgIpc) is 3.46. The Morgan fingerprint density at radius 1 is 1.23 bits per heavy atom. The summed E-state index contributed by atoms with van der Waals surface area (Å²) in [5, 5.41) is 3.32. The van der Waals surface area contributed by atoms with Crippen LogP contribution in [0.4, 0.5) is 5.82 Å². The fourth-order valence-corrected chi connectivity index (χ4v) is 5.53. The predicted octanol–water partition coefficient (Wildman–Crippen LogP) is 4.04. The molecule has 180 valence electrons. The molecular formula is C26H26N4O3S2. The third-order valence-corrected chi connectivity index (χ3v) is 7.49. The van der Waals surface area contributed by atoms with Gasteiger partial charge in [-0.1, -0.05) is 60.4 Å². The van der Waals surface area contributed by atoms with Gasteiger partial charge in [0.1, 0.15) is 15.8 Å². The Kier molecular flexibility index (Phi) is 6.99. The van der Waals surface area contributed by atoms with Gasteiger partial charge >= 0.3 is 0 Å². The molecule has 2 aliphatic heterocycles. The molecule has 1 unspecified atom stereocenters. The summed E-state index contributed by atoms with van der Waals surface area (Å²) in [5.41, 5.74) is 2.79. The molecule has 35 heavy (non-hydrogen) atoms. The summed E-state index contributed by atoms with van der Waals surface area (Å²) in [6, 6.07) is 13.9. The van der Waals surface area contributed by atoms with Gasteiger partial charge in [-0.3, -0.25) is 18.9 Å². The second-order valence-corrected chi connectivity index (χ2v) is 10.4. The van der Waals surface area contributed by atoms with Crippen molar-refractivity contribution >= 4 is 51.7 Å². The van der Waals surface area contributed by atoms with E-state index in [0.29, 0.717) is 46.0 Å². The number of hydrogen-bond acceptors (Lipinski definition) is 7. The third kappa shape index (κ3) is 5.17. The summed E-state index contributed by atoms with van der Waals surface area (Å²) >= 11 is 6.70. The van der Waals surface area contributed by atoms with Crippen molar-refractivity contribution in [2.45, 2.75) is 32.3 Å². The van der Waals surface area contributed by atoms with E-state index in [0.717, 1.165) is 24.8 Å². The van der Waals surface area contributed by atoms with Crippen molar-refractivity contribution in [3.63, 3.8) is 0 Å². The minimum atomic E-state index is -0.231. The number of nitrogens with zero attached hydrogens (tertiary/aromatic N) is 3. The van der Waals surface area contributed by atoms with Crippen LogP contribution in [-0.2, 0) is 16.0 Å². The van der Waals surface area contributed by atoms with Crippen LogP contribution in [0.1, 0.15) is 29.5 Å². The van der Waals surface area contributed by atoms with Crippen molar-refractivity contribution in [3.05, 3.63) is 80.6 Å². The van der Waals surface area contributed by atoms with Crippen LogP contribution in [0, 0.1) is 6.92 Å². The summed E-state index contributed by atoms with van der Waals surface area (Å²) in [5.74, 6) is 0.263. The molecule has 0 spiro atoms. The number of fused-ring (bicyclic) bond motifs is 1. The van der Waals surface area contributed by atoms with Crippen molar-refractivity contribution in [1.29, 1.82) is 0 Å². The minimum Gasteiger partial charge on any atom is -0.376 e. The highest BCUT2D eigenvalue weighted by atomic mass is 32.2. The number of ether oxygens (including phenoxy) is 1. The number of rotatable bonds is 7. The molecule has 5 rings (SSSR count). The van der Waals surface area contributed by atoms with Crippen molar-refractivity contribution in [2.24, 2.45) is 0 Å². The molecule has 0 saturated carbocycles. The van der Waals surface area contributed by atoms with Gasteiger partial charge in [0.05, 0.1) is 23.1 Å². The van der Waals surface area contributed by atoms with Crippen LogP contribution in [-0.4, -0.2) is 50.3 Å². The van der Waals surface area contributed by atoms with Crippen molar-refractivity contribution in [3.8, 4) is 0 Å². The maximum atomic E-state index is 13.5. The molecule has 0 bridgehead atoms. The normalized spacial score (nSPS) is 19.3. The van der Waals surface area contributed by atoms with Gasteiger partial charge in [-0.05, 0) is 49.5 Å². The van der Waals surface area contributed by atoms with Crippen LogP contribution < -0.4 is 10.9 Å². The fraction of sp³-hybridized carbons (Fsp3) is 0.308. The number of anilines is 1. The highest BCUT2D eigenvalue weighted by molar-refractivity contribution is 8.26. The molecule has 3 aromatic rings. The number of aryl methyl sites for hydroxylation is 1. The average molecular weight is 507 g/mol. The first-order valence-corrected chi connectivity index (χ1v) is 12.9. The molecule has 1 amide bonds. The smallest absolute Gasteiger partial charge is 0.267 e. The topological polar surface area (TPSA) is 75.9 Å². The van der Waals surface area contributed by atoms with Gasteiger partial charge in [0, 0.05) is 19.3 Å². The van der Waals surface area contributed by atoms with Gasteiger partial charge < -0.3 is 10.1 Å². The van der Waals surface area contributed by atoms with E-state index in [1.165, 1.54) is 21.7 Å². The molecule has 0 aliphatic carbocycles. The Balaban J connectivity index is 1.47. The van der Waals surface area contributed by atoms with E-state index in [-0.39, 0.29) is 17.6 Å². The largest absolute Gasteiger partial charge is 0.376 e. The number of pyridine rings is 1. The molecule has 7 nitrogen and oxygen atoms in total. The highest BCUT2D eigenvalue weighted by Gasteiger charge is 2.35. The number of thiocarbonyl (C=S) groups is 1. The van der Waals surface area contributed by atoms with Crippen LogP contribution in [0.25, 0.3) is 11.7 Å². The van der Waals surface area contributed by atoms with Gasteiger partial charge in [-0.15, -0.1) is 0 Å². The lowest BCUT2D eigenvalue weighted by Crippen LogP contribution is -2.35. The number of carbonyl (C=O) groups excluding carboxylic acids is 1. The lowest BCUT2D eigenvalue weighted by Gasteiger charge is -2.18. The zero-order valence-corrected chi connectivity index (χ0v) is 21.0. The number of thioether (sulfide) groups is 1. The van der Waals surface area contributed by atoms with Crippen LogP contribution in [0.15, 0.2) is 58.4 Å². The maximum absolute atomic E-state index is 13.5. The number of amides is 1. The van der Waals surface area contributed by atoms with Crippen LogP contribution in [0.2, 0.25) is 0 Å². The molecular weight excluding hydrogens is 480 g/mol. The SMILES string of the molecule is Cc1ccc2nc(NCCc3ccccc3)c(C=C3SC(=S)N(CC4CCCO4)C3=O)c(=O)n2c1. The summed E-state index contributed by atoms with van der Waals surface area (Å²) in [6.07, 6.45) is 6.08. The maximum Gasteiger partial charge on any atom is 0.267 e. The number of nitrogens with one attached hydrogen (secondary N) is 1. The number of hydrogen-bond donors (Lipinski definition) is 1. The van der Waals surface area contributed by atoms with Gasteiger partial charge in [0.15, 0.2) is 0 Å². The first kappa shape index (κ1) is 23.7. The Morgan fingerprint density at radius 2 is 2.06 bits per heavy atom. The van der Waals surface area contributed by atoms with Crippen LogP contribution in [0.3, 0.4) is 0 Å². The zero-order chi connectivity index (χ0) is 24.4. The molecule has 0 radical (unpaired) electrons. The number of benzene rings is 1. The second kappa shape index (κ2) is 10.3. The van der Waals surface area contributed by atoms with Gasteiger partial charge in [0.2, 0.25) is 0 Å². The van der Waals surface area contributed by atoms with Gasteiger partial charge in [-0.25, -0.2) is 4.98 Å². The van der Waals surface area contributed by atoms with Crippen molar-refractivity contribution < 1.29 is 9.53 Å². The van der Waals surface area contributed by atoms with E-state index in [9.17, 15) is 9.59 Å². The van der Waals surface area contributed by atoms with E-state index >= 15 is 0 Å². The quantitative estimate of drug-likeness (QED) is 0.383. The van der Waals surface area contributed by atoms with Crippen LogP contribution in [0.5, 0.6) is 0 Å². The molecule has 1 aromatic carbocycles. The fourth-order valence-electron chi connectivity index (χ4n) is 4.27. The molecule has 2 aliphatic rings. The molecule has 1 atom stereocenters. The molecule has 2 aromatic heterocycles. The molecule has 4 heterocycles. The molecule has 9 heteroatoms. The Morgan fingerprint density at radius 3 is 2.83 bits per heavy atom. The van der Waals surface area contributed by atoms with E-state index in [1.807, 2.05) is 37.3 Å². The molecule has 1 N–H and O–H groups in total. The molecule has 2 saturated heterocycles. The number of aromatic nitrogens is 2. The summed E-state index contributed by atoms with van der Waals surface area (Å²) in [4.78, 5) is 33.4. The first-order chi connectivity index (χ1) is 17.0.